The lowest BCUT2D eigenvalue weighted by Crippen LogP contribution is -2.23. The van der Waals surface area contributed by atoms with Crippen LogP contribution in [0.15, 0.2) is 71.9 Å². The van der Waals surface area contributed by atoms with Crippen molar-refractivity contribution in [2.45, 2.75) is 25.8 Å². The number of aromatic amines is 1. The van der Waals surface area contributed by atoms with Crippen LogP contribution in [0, 0.1) is 6.92 Å². The van der Waals surface area contributed by atoms with Gasteiger partial charge in [-0.25, -0.2) is 9.78 Å². The average molecular weight is 495 g/mol. The second-order valence-electron chi connectivity index (χ2n) is 8.96. The predicted molar refractivity (Wildman–Crippen MR) is 136 cm³/mol. The maximum absolute atomic E-state index is 13.4. The van der Waals surface area contributed by atoms with Crippen LogP contribution in [0.2, 0.25) is 0 Å². The number of nitrogens with one attached hydrogen (secondary N) is 2. The molecule has 5 aromatic rings. The number of pyridine rings is 1. The monoisotopic (exact) mass is 494 g/mol. The van der Waals surface area contributed by atoms with E-state index in [-0.39, 0.29) is 11.6 Å². The van der Waals surface area contributed by atoms with Gasteiger partial charge in [0.25, 0.3) is 5.56 Å². The van der Waals surface area contributed by atoms with Crippen LogP contribution in [-0.2, 0) is 6.42 Å². The molecule has 0 unspecified atom stereocenters. The summed E-state index contributed by atoms with van der Waals surface area (Å²) >= 11 is 0. The van der Waals surface area contributed by atoms with Crippen LogP contribution < -0.4 is 10.9 Å². The van der Waals surface area contributed by atoms with Crippen LogP contribution in [0.4, 0.5) is 10.5 Å². The molecule has 0 bridgehead atoms. The van der Waals surface area contributed by atoms with Crippen LogP contribution in [0.25, 0.3) is 28.1 Å². The second-order valence-corrected chi connectivity index (χ2v) is 8.96. The van der Waals surface area contributed by atoms with Gasteiger partial charge in [-0.1, -0.05) is 23.8 Å². The Kier molecular flexibility index (Phi) is 5.37. The summed E-state index contributed by atoms with van der Waals surface area (Å²) in [5.74, 6) is 0.710. The number of nitrogens with zero attached hydrogens (tertiary/aromatic N) is 6. The Morgan fingerprint density at radius 1 is 1.11 bits per heavy atom. The number of rotatable bonds is 5. The summed E-state index contributed by atoms with van der Waals surface area (Å²) in [4.78, 5) is 32.1. The highest BCUT2D eigenvalue weighted by Crippen LogP contribution is 2.34. The number of H-pyrrole nitrogens is 1. The largest absolute Gasteiger partial charge is 0.465 e. The minimum absolute atomic E-state index is 0.0961. The molecule has 3 aromatic heterocycles. The quantitative estimate of drug-likeness (QED) is 0.337. The fourth-order valence-electron chi connectivity index (χ4n) is 4.87. The summed E-state index contributed by atoms with van der Waals surface area (Å²) in [6.07, 6.45) is 3.65. The molecule has 2 aromatic carbocycles. The third-order valence-corrected chi connectivity index (χ3v) is 6.55. The Bertz CT molecular complexity index is 1670. The van der Waals surface area contributed by atoms with Gasteiger partial charge < -0.3 is 14.7 Å². The first kappa shape index (κ1) is 22.4. The Labute approximate surface area is 210 Å². The third kappa shape index (κ3) is 4.16. The molecule has 0 fully saturated rings. The molecule has 184 valence electrons. The number of benzene rings is 2. The fraction of sp³-hybridized carbons (Fsp3) is 0.154. The molecular weight excluding hydrogens is 472 g/mol. The molecular formula is C26H22N8O3. The van der Waals surface area contributed by atoms with Gasteiger partial charge in [-0.05, 0) is 71.7 Å². The minimum atomic E-state index is -1.11. The number of hydrogen-bond donors (Lipinski definition) is 3. The molecule has 3 N–H and O–H groups in total. The average Bonchev–Trinajstić information content (AvgIpc) is 3.65. The van der Waals surface area contributed by atoms with Gasteiger partial charge in [0.1, 0.15) is 12.2 Å². The Balaban J connectivity index is 1.32. The van der Waals surface area contributed by atoms with E-state index in [0.717, 1.165) is 52.2 Å². The highest BCUT2D eigenvalue weighted by atomic mass is 16.4. The van der Waals surface area contributed by atoms with E-state index in [2.05, 4.69) is 36.9 Å². The number of imidazole rings is 1. The van der Waals surface area contributed by atoms with E-state index in [1.54, 1.807) is 33.6 Å². The highest BCUT2D eigenvalue weighted by Gasteiger charge is 2.28. The molecule has 4 heterocycles. The fourth-order valence-corrected chi connectivity index (χ4v) is 4.87. The molecule has 0 radical (unpaired) electrons. The van der Waals surface area contributed by atoms with Crippen molar-refractivity contribution in [1.82, 2.24) is 34.7 Å². The molecule has 37 heavy (non-hydrogen) atoms. The van der Waals surface area contributed by atoms with E-state index in [1.165, 1.54) is 6.33 Å². The minimum Gasteiger partial charge on any atom is -0.465 e. The zero-order chi connectivity index (χ0) is 25.5. The molecule has 1 aliphatic rings. The van der Waals surface area contributed by atoms with E-state index in [1.807, 2.05) is 37.3 Å². The molecule has 0 saturated heterocycles. The van der Waals surface area contributed by atoms with Crippen LogP contribution in [0.5, 0.6) is 0 Å². The molecule has 0 saturated carbocycles. The maximum atomic E-state index is 13.4. The number of aromatic nitrogens is 7. The molecule has 1 atom stereocenters. The standard InChI is InChI=1S/C26H22N8O3/c1-15-2-8-22(33-14-28-31-32-33)20(10-15)17-11-19-7-9-23(34(19)24(35)12-17)25-27-13-21(30-25)16-3-5-18(6-4-16)29-26(36)37/h2-6,8,10-14,23,29H,7,9H2,1H3,(H,27,30)(H,36,37)/t23-/m0/s1. The molecule has 6 rings (SSSR count). The molecule has 1 amide bonds. The number of fused-ring (bicyclic) bond motifs is 1. The first-order valence-corrected chi connectivity index (χ1v) is 11.7. The van der Waals surface area contributed by atoms with Gasteiger partial charge in [0, 0.05) is 23.0 Å². The van der Waals surface area contributed by atoms with Crippen molar-refractivity contribution in [2.75, 3.05) is 5.32 Å². The topological polar surface area (TPSA) is 144 Å². The second kappa shape index (κ2) is 8.86. The summed E-state index contributed by atoms with van der Waals surface area (Å²) in [6, 6.07) is 16.5. The number of aryl methyl sites for hydroxylation is 2. The van der Waals surface area contributed by atoms with Gasteiger partial charge >= 0.3 is 6.09 Å². The number of hydrogen-bond acceptors (Lipinski definition) is 6. The molecule has 1 aliphatic heterocycles. The molecule has 11 heteroatoms. The molecule has 11 nitrogen and oxygen atoms in total. The van der Waals surface area contributed by atoms with Gasteiger partial charge in [0.15, 0.2) is 0 Å². The Morgan fingerprint density at radius 3 is 2.70 bits per heavy atom. The van der Waals surface area contributed by atoms with Crippen molar-refractivity contribution in [3.05, 3.63) is 94.6 Å². The Morgan fingerprint density at radius 2 is 1.95 bits per heavy atom. The molecule has 0 spiro atoms. The number of carboxylic acid groups (broad SMARTS) is 1. The summed E-state index contributed by atoms with van der Waals surface area (Å²) in [5, 5.41) is 22.7. The maximum Gasteiger partial charge on any atom is 0.409 e. The normalized spacial score (nSPS) is 14.5. The zero-order valence-electron chi connectivity index (χ0n) is 19.8. The summed E-state index contributed by atoms with van der Waals surface area (Å²) in [5.41, 5.74) is 6.57. The van der Waals surface area contributed by atoms with E-state index in [0.29, 0.717) is 11.5 Å². The Hall–Kier alpha value is -5.06. The van der Waals surface area contributed by atoms with Crippen molar-refractivity contribution in [3.8, 4) is 28.1 Å². The summed E-state index contributed by atoms with van der Waals surface area (Å²) in [6.45, 7) is 2.01. The lowest BCUT2D eigenvalue weighted by Gasteiger charge is -2.15. The predicted octanol–water partition coefficient (Wildman–Crippen LogP) is 3.82. The number of anilines is 1. The lowest BCUT2D eigenvalue weighted by molar-refractivity contribution is 0.209. The van der Waals surface area contributed by atoms with Crippen LogP contribution >= 0.6 is 0 Å². The smallest absolute Gasteiger partial charge is 0.409 e. The van der Waals surface area contributed by atoms with E-state index in [9.17, 15) is 9.59 Å². The van der Waals surface area contributed by atoms with Crippen molar-refractivity contribution in [3.63, 3.8) is 0 Å². The van der Waals surface area contributed by atoms with E-state index in [4.69, 9.17) is 5.11 Å². The van der Waals surface area contributed by atoms with Gasteiger partial charge in [-0.15, -0.1) is 5.10 Å². The van der Waals surface area contributed by atoms with E-state index >= 15 is 0 Å². The SMILES string of the molecule is Cc1ccc(-n2cnnn2)c(-c2cc3n(c(=O)c2)[C@H](c2ncc(-c4ccc(NC(=O)O)cc4)[nH]2)CC3)c1. The lowest BCUT2D eigenvalue weighted by atomic mass is 10.0. The van der Waals surface area contributed by atoms with Crippen molar-refractivity contribution in [1.29, 1.82) is 0 Å². The van der Waals surface area contributed by atoms with Gasteiger partial charge in [0.05, 0.1) is 23.6 Å². The number of carbonyl (C=O) groups is 1. The van der Waals surface area contributed by atoms with Gasteiger partial charge in [-0.2, -0.15) is 4.68 Å². The summed E-state index contributed by atoms with van der Waals surface area (Å²) < 4.78 is 3.40. The van der Waals surface area contributed by atoms with Crippen LogP contribution in [0.3, 0.4) is 0 Å². The highest BCUT2D eigenvalue weighted by molar-refractivity contribution is 5.83. The van der Waals surface area contributed by atoms with Crippen molar-refractivity contribution < 1.29 is 9.90 Å². The number of amides is 1. The number of tetrazole rings is 1. The first-order chi connectivity index (χ1) is 18.0. The zero-order valence-corrected chi connectivity index (χ0v) is 19.8. The van der Waals surface area contributed by atoms with E-state index < -0.39 is 6.09 Å². The van der Waals surface area contributed by atoms with Crippen LogP contribution in [0.1, 0.15) is 29.5 Å². The summed E-state index contributed by atoms with van der Waals surface area (Å²) in [7, 11) is 0. The van der Waals surface area contributed by atoms with Crippen molar-refractivity contribution in [2.24, 2.45) is 0 Å². The van der Waals surface area contributed by atoms with Crippen LogP contribution in [-0.4, -0.2) is 45.9 Å². The third-order valence-electron chi connectivity index (χ3n) is 6.55. The van der Waals surface area contributed by atoms with Gasteiger partial charge in [-0.3, -0.25) is 10.1 Å². The van der Waals surface area contributed by atoms with Crippen molar-refractivity contribution >= 4 is 11.8 Å². The molecule has 0 aliphatic carbocycles. The van der Waals surface area contributed by atoms with Gasteiger partial charge in [0.2, 0.25) is 0 Å². The first-order valence-electron chi connectivity index (χ1n) is 11.7.